The second kappa shape index (κ2) is 7.61. The summed E-state index contributed by atoms with van der Waals surface area (Å²) in [5.74, 6) is -1.07. The van der Waals surface area contributed by atoms with Crippen LogP contribution in [0.5, 0.6) is 0 Å². The quantitative estimate of drug-likeness (QED) is 0.929. The van der Waals surface area contributed by atoms with Crippen LogP contribution in [0.4, 0.5) is 14.5 Å². The van der Waals surface area contributed by atoms with E-state index in [-0.39, 0.29) is 11.7 Å². The zero-order chi connectivity index (χ0) is 17.8. The number of benzene rings is 2. The average Bonchev–Trinajstić information content (AvgIpc) is 2.88. The van der Waals surface area contributed by atoms with Gasteiger partial charge in [-0.15, -0.1) is 0 Å². The number of aliphatic hydroxyl groups is 1. The summed E-state index contributed by atoms with van der Waals surface area (Å²) in [6, 6.07) is 11.6. The monoisotopic (exact) mass is 346 g/mol. The summed E-state index contributed by atoms with van der Waals surface area (Å²) in [6.07, 6.45) is -0.544. The molecule has 1 fully saturated rings. The molecule has 1 aliphatic heterocycles. The van der Waals surface area contributed by atoms with Crippen molar-refractivity contribution in [3.8, 4) is 0 Å². The number of amides is 1. The van der Waals surface area contributed by atoms with Crippen LogP contribution in [-0.2, 0) is 4.79 Å². The molecule has 1 heterocycles. The summed E-state index contributed by atoms with van der Waals surface area (Å²) >= 11 is 0. The first kappa shape index (κ1) is 17.4. The van der Waals surface area contributed by atoms with Crippen molar-refractivity contribution in [3.63, 3.8) is 0 Å². The zero-order valence-corrected chi connectivity index (χ0v) is 13.7. The molecule has 1 N–H and O–H groups in total. The highest BCUT2D eigenvalue weighted by atomic mass is 19.1. The summed E-state index contributed by atoms with van der Waals surface area (Å²) in [5.41, 5.74) is 1.29. The van der Waals surface area contributed by atoms with Gasteiger partial charge < -0.3 is 14.9 Å². The predicted molar refractivity (Wildman–Crippen MR) is 91.2 cm³/mol. The molecule has 0 spiro atoms. The number of nitrogens with zero attached hydrogens (tertiary/aromatic N) is 2. The first-order valence-electron chi connectivity index (χ1n) is 8.27. The van der Waals surface area contributed by atoms with Crippen LogP contribution in [0.2, 0.25) is 0 Å². The Morgan fingerprint density at radius 3 is 2.12 bits per heavy atom. The molecule has 25 heavy (non-hydrogen) atoms. The van der Waals surface area contributed by atoms with E-state index in [0.717, 1.165) is 18.7 Å². The topological polar surface area (TPSA) is 43.8 Å². The molecule has 0 aliphatic carbocycles. The van der Waals surface area contributed by atoms with Crippen molar-refractivity contribution >= 4 is 11.6 Å². The molecule has 2 aromatic carbocycles. The number of hydrogen-bond donors (Lipinski definition) is 1. The fourth-order valence-electron chi connectivity index (χ4n) is 3.01. The second-order valence-electron chi connectivity index (χ2n) is 6.10. The fourth-order valence-corrected chi connectivity index (χ4v) is 3.01. The molecule has 0 saturated carbocycles. The lowest BCUT2D eigenvalue weighted by Gasteiger charge is -2.25. The van der Waals surface area contributed by atoms with Crippen LogP contribution in [0.15, 0.2) is 48.5 Å². The van der Waals surface area contributed by atoms with Gasteiger partial charge in [-0.05, 0) is 48.4 Å². The molecule has 1 aliphatic rings. The maximum Gasteiger partial charge on any atom is 0.256 e. The van der Waals surface area contributed by atoms with E-state index >= 15 is 0 Å². The van der Waals surface area contributed by atoms with E-state index in [0.29, 0.717) is 25.2 Å². The molecule has 3 rings (SSSR count). The van der Waals surface area contributed by atoms with Gasteiger partial charge in [-0.2, -0.15) is 0 Å². The molecule has 1 amide bonds. The standard InChI is InChI=1S/C19H20F2N2O2/c20-15-4-2-14(3-5-15)18(24)19(25)23-11-1-10-22(12-13-23)17-8-6-16(21)7-9-17/h2-9,18,24H,1,10-13H2/t18-/m1/s1. The maximum absolute atomic E-state index is 13.1. The Bertz CT molecular complexity index is 719. The Morgan fingerprint density at radius 1 is 0.880 bits per heavy atom. The second-order valence-corrected chi connectivity index (χ2v) is 6.10. The van der Waals surface area contributed by atoms with Crippen molar-refractivity contribution in [3.05, 3.63) is 65.7 Å². The van der Waals surface area contributed by atoms with Crippen LogP contribution in [0.3, 0.4) is 0 Å². The number of carbonyl (C=O) groups excluding carboxylic acids is 1. The lowest BCUT2D eigenvalue weighted by Crippen LogP contribution is -2.38. The molecule has 1 atom stereocenters. The van der Waals surface area contributed by atoms with Gasteiger partial charge in [0.2, 0.25) is 0 Å². The van der Waals surface area contributed by atoms with Crippen LogP contribution >= 0.6 is 0 Å². The minimum atomic E-state index is -1.29. The van der Waals surface area contributed by atoms with E-state index in [1.54, 1.807) is 17.0 Å². The Labute approximate surface area is 145 Å². The van der Waals surface area contributed by atoms with E-state index in [2.05, 4.69) is 4.90 Å². The van der Waals surface area contributed by atoms with E-state index in [4.69, 9.17) is 0 Å². The van der Waals surface area contributed by atoms with Crippen molar-refractivity contribution in [1.29, 1.82) is 0 Å². The summed E-state index contributed by atoms with van der Waals surface area (Å²) in [7, 11) is 0. The third-order valence-electron chi connectivity index (χ3n) is 4.42. The van der Waals surface area contributed by atoms with Crippen molar-refractivity contribution in [1.82, 2.24) is 4.90 Å². The Kier molecular flexibility index (Phi) is 5.28. The van der Waals surface area contributed by atoms with E-state index < -0.39 is 11.9 Å². The molecule has 4 nitrogen and oxygen atoms in total. The largest absolute Gasteiger partial charge is 0.378 e. The highest BCUT2D eigenvalue weighted by Gasteiger charge is 2.26. The van der Waals surface area contributed by atoms with Crippen LogP contribution in [-0.4, -0.2) is 42.1 Å². The zero-order valence-electron chi connectivity index (χ0n) is 13.7. The van der Waals surface area contributed by atoms with E-state index in [1.165, 1.54) is 36.4 Å². The molecule has 0 aromatic heterocycles. The van der Waals surface area contributed by atoms with Gasteiger partial charge in [-0.3, -0.25) is 4.79 Å². The number of halogens is 2. The average molecular weight is 346 g/mol. The Balaban J connectivity index is 1.64. The van der Waals surface area contributed by atoms with E-state index in [9.17, 15) is 18.7 Å². The lowest BCUT2D eigenvalue weighted by molar-refractivity contribution is -0.140. The molecule has 2 aromatic rings. The molecule has 0 unspecified atom stereocenters. The van der Waals surface area contributed by atoms with Crippen molar-refractivity contribution in [2.75, 3.05) is 31.1 Å². The minimum Gasteiger partial charge on any atom is -0.378 e. The number of aliphatic hydroxyl groups excluding tert-OH is 1. The number of anilines is 1. The summed E-state index contributed by atoms with van der Waals surface area (Å²) in [5, 5.41) is 10.3. The van der Waals surface area contributed by atoms with Crippen LogP contribution in [0, 0.1) is 11.6 Å². The molecular weight excluding hydrogens is 326 g/mol. The van der Waals surface area contributed by atoms with E-state index in [1.807, 2.05) is 0 Å². The third-order valence-corrected chi connectivity index (χ3v) is 4.42. The lowest BCUT2D eigenvalue weighted by atomic mass is 10.1. The number of carbonyl (C=O) groups is 1. The molecule has 132 valence electrons. The van der Waals surface area contributed by atoms with Gasteiger partial charge in [0, 0.05) is 31.9 Å². The summed E-state index contributed by atoms with van der Waals surface area (Å²) in [6.45, 7) is 2.36. The Morgan fingerprint density at radius 2 is 1.48 bits per heavy atom. The third kappa shape index (κ3) is 4.14. The maximum atomic E-state index is 13.1. The highest BCUT2D eigenvalue weighted by molar-refractivity contribution is 5.82. The van der Waals surface area contributed by atoms with Crippen molar-refractivity contribution in [2.45, 2.75) is 12.5 Å². The first-order chi connectivity index (χ1) is 12.0. The Hall–Kier alpha value is -2.47. The predicted octanol–water partition coefficient (Wildman–Crippen LogP) is 2.74. The molecule has 6 heteroatoms. The van der Waals surface area contributed by atoms with Gasteiger partial charge in [0.1, 0.15) is 11.6 Å². The highest BCUT2D eigenvalue weighted by Crippen LogP contribution is 2.20. The van der Waals surface area contributed by atoms with Gasteiger partial charge in [0.25, 0.3) is 5.91 Å². The molecule has 1 saturated heterocycles. The van der Waals surface area contributed by atoms with Crippen LogP contribution in [0.25, 0.3) is 0 Å². The summed E-state index contributed by atoms with van der Waals surface area (Å²) < 4.78 is 26.0. The molecule has 0 bridgehead atoms. The minimum absolute atomic E-state index is 0.280. The first-order valence-corrected chi connectivity index (χ1v) is 8.27. The van der Waals surface area contributed by atoms with Crippen molar-refractivity contribution < 1.29 is 18.7 Å². The molecule has 0 radical (unpaired) electrons. The van der Waals surface area contributed by atoms with Gasteiger partial charge in [0.05, 0.1) is 0 Å². The van der Waals surface area contributed by atoms with Gasteiger partial charge in [-0.25, -0.2) is 8.78 Å². The SMILES string of the molecule is O=C([C@H](O)c1ccc(F)cc1)N1CCCN(c2ccc(F)cc2)CC1. The van der Waals surface area contributed by atoms with Gasteiger partial charge in [-0.1, -0.05) is 12.1 Å². The normalized spacial score (nSPS) is 16.4. The van der Waals surface area contributed by atoms with Crippen molar-refractivity contribution in [2.24, 2.45) is 0 Å². The fraction of sp³-hybridized carbons (Fsp3) is 0.316. The molecular formula is C19H20F2N2O2. The van der Waals surface area contributed by atoms with Crippen LogP contribution < -0.4 is 4.90 Å². The number of rotatable bonds is 3. The van der Waals surface area contributed by atoms with Crippen LogP contribution in [0.1, 0.15) is 18.1 Å². The van der Waals surface area contributed by atoms with Gasteiger partial charge >= 0.3 is 0 Å². The summed E-state index contributed by atoms with van der Waals surface area (Å²) in [4.78, 5) is 16.3. The van der Waals surface area contributed by atoms with Gasteiger partial charge in [0.15, 0.2) is 6.10 Å². The number of hydrogen-bond acceptors (Lipinski definition) is 3. The smallest absolute Gasteiger partial charge is 0.256 e.